The second-order valence-corrected chi connectivity index (χ2v) is 18.5. The number of fused-ring (bicyclic) bond motifs is 5. The summed E-state index contributed by atoms with van der Waals surface area (Å²) >= 11 is 0. The molecule has 4 N–H and O–H groups in total. The van der Waals surface area contributed by atoms with E-state index in [2.05, 4.69) is 63.1 Å². The van der Waals surface area contributed by atoms with Crippen LogP contribution in [-0.4, -0.2) is 93.1 Å². The lowest BCUT2D eigenvalue weighted by atomic mass is 9.93. The molecule has 15 nitrogen and oxygen atoms in total. The minimum Gasteiger partial charge on any atom is -0.461 e. The molecule has 2 aliphatic heterocycles. The molecule has 4 aliphatic rings. The van der Waals surface area contributed by atoms with Crippen LogP contribution >= 0.6 is 0 Å². The highest BCUT2D eigenvalue weighted by atomic mass is 16.5. The predicted molar refractivity (Wildman–Crippen MR) is 231 cm³/mol. The SMILES string of the molecule is COC(=O)NC(C(=O)N1CC2CCC1(c1ncc(-c3ccc(-c4ccc(-c5cnc(C67CCC(CN6C(=O)[C@@H](NC(=O)OC)C(C)C)C7)[nH]5)c5oc(C)cc45)cc3)[nH]1)C2)C(C)C. The Hall–Kier alpha value is -6.12. The van der Waals surface area contributed by atoms with Gasteiger partial charge in [0.05, 0.1) is 38.0 Å². The number of ether oxygens (including phenoxy) is 2. The fourth-order valence-corrected chi connectivity index (χ4v) is 10.9. The summed E-state index contributed by atoms with van der Waals surface area (Å²) in [6, 6.07) is 13.2. The molecule has 3 aromatic heterocycles. The normalized spacial score (nSPS) is 23.7. The van der Waals surface area contributed by atoms with Crippen molar-refractivity contribution < 1.29 is 33.1 Å². The molecule has 326 valence electrons. The van der Waals surface area contributed by atoms with Crippen LogP contribution in [0.5, 0.6) is 0 Å². The zero-order valence-electron chi connectivity index (χ0n) is 36.5. The van der Waals surface area contributed by atoms with Gasteiger partial charge in [0, 0.05) is 24.0 Å². The number of hydrogen-bond acceptors (Lipinski definition) is 9. The fourth-order valence-electron chi connectivity index (χ4n) is 10.9. The number of nitrogens with one attached hydrogen (secondary N) is 4. The Labute approximate surface area is 360 Å². The second-order valence-electron chi connectivity index (χ2n) is 18.5. The standard InChI is InChI=1S/C47H56N8O7/c1-25(2)37(52-44(58)60-6)40(56)54-23-28-14-16-46(54,19-28)42-48-21-35(50-42)31-10-8-30(9-11-31)32-12-13-33(39-34(32)18-27(5)62-39)36-22-49-43(51-36)47-17-15-29(20-47)24-55(47)41(57)38(26(3)4)53-45(59)61-7/h8-13,18,21-22,25-26,28-29,37-38H,14-17,19-20,23-24H2,1-7H3,(H,48,50)(H,49,51)(H,52,58)(H,53,59)/t28?,29?,37?,38-,46?,47?/m0/s1. The molecule has 4 amide bonds. The lowest BCUT2D eigenvalue weighted by molar-refractivity contribution is -0.141. The number of carbonyl (C=O) groups is 4. The highest BCUT2D eigenvalue weighted by molar-refractivity contribution is 6.02. The first-order valence-electron chi connectivity index (χ1n) is 21.8. The largest absolute Gasteiger partial charge is 0.461 e. The van der Waals surface area contributed by atoms with E-state index in [9.17, 15) is 19.2 Å². The first-order valence-corrected chi connectivity index (χ1v) is 21.8. The minimum absolute atomic E-state index is 0.111. The van der Waals surface area contributed by atoms with Gasteiger partial charge in [-0.05, 0) is 97.9 Å². The van der Waals surface area contributed by atoms with Crippen molar-refractivity contribution in [1.82, 2.24) is 40.4 Å². The van der Waals surface area contributed by atoms with Crippen LogP contribution in [-0.2, 0) is 30.1 Å². The van der Waals surface area contributed by atoms with Gasteiger partial charge in [-0.3, -0.25) is 9.59 Å². The number of H-pyrrole nitrogens is 2. The van der Waals surface area contributed by atoms with E-state index in [-0.39, 0.29) is 23.7 Å². The van der Waals surface area contributed by atoms with Crippen molar-refractivity contribution in [3.63, 3.8) is 0 Å². The number of likely N-dealkylation sites (tertiary alicyclic amines) is 2. The molecule has 62 heavy (non-hydrogen) atoms. The van der Waals surface area contributed by atoms with E-state index < -0.39 is 35.3 Å². The summed E-state index contributed by atoms with van der Waals surface area (Å²) in [5.74, 6) is 2.57. The first kappa shape index (κ1) is 41.2. The number of amides is 4. The molecule has 4 fully saturated rings. The quantitative estimate of drug-likeness (QED) is 0.104. The van der Waals surface area contributed by atoms with Crippen molar-refractivity contribution in [2.24, 2.45) is 23.7 Å². The Bertz CT molecular complexity index is 2540. The average Bonchev–Trinajstić information content (AvgIpc) is 4.13. The number of methoxy groups -OCH3 is 2. The highest BCUT2D eigenvalue weighted by Crippen LogP contribution is 2.54. The zero-order valence-corrected chi connectivity index (χ0v) is 36.5. The van der Waals surface area contributed by atoms with Crippen molar-refractivity contribution in [3.05, 3.63) is 72.3 Å². The third-order valence-corrected chi connectivity index (χ3v) is 14.1. The number of piperidine rings is 2. The van der Waals surface area contributed by atoms with E-state index in [1.807, 2.05) is 56.8 Å². The molecule has 9 rings (SSSR count). The lowest BCUT2D eigenvalue weighted by Crippen LogP contribution is -2.56. The van der Waals surface area contributed by atoms with Gasteiger partial charge < -0.3 is 44.3 Å². The van der Waals surface area contributed by atoms with Crippen molar-refractivity contribution in [3.8, 4) is 33.6 Å². The second kappa shape index (κ2) is 15.7. The fraction of sp³-hybridized carbons (Fsp3) is 0.489. The maximum atomic E-state index is 14.1. The number of aromatic nitrogens is 4. The molecule has 2 saturated carbocycles. The molecule has 5 aromatic rings. The number of aromatic amines is 2. The summed E-state index contributed by atoms with van der Waals surface area (Å²) in [7, 11) is 2.61. The van der Waals surface area contributed by atoms with Crippen molar-refractivity contribution in [2.45, 2.75) is 96.3 Å². The average molecular weight is 845 g/mol. The zero-order chi connectivity index (χ0) is 43.7. The number of aryl methyl sites for hydroxylation is 1. The van der Waals surface area contributed by atoms with Crippen molar-refractivity contribution in [1.29, 1.82) is 0 Å². The van der Waals surface area contributed by atoms with Gasteiger partial charge in [0.25, 0.3) is 0 Å². The number of hydrogen-bond donors (Lipinski definition) is 4. The molecular weight excluding hydrogens is 789 g/mol. The Morgan fingerprint density at radius 1 is 0.726 bits per heavy atom. The van der Waals surface area contributed by atoms with Crippen LogP contribution in [0, 0.1) is 30.6 Å². The maximum absolute atomic E-state index is 14.1. The number of carbonyl (C=O) groups excluding carboxylic acids is 4. The Balaban J connectivity index is 0.965. The summed E-state index contributed by atoms with van der Waals surface area (Å²) in [5, 5.41) is 6.49. The molecule has 15 heteroatoms. The summed E-state index contributed by atoms with van der Waals surface area (Å²) in [5.41, 5.74) is 5.15. The summed E-state index contributed by atoms with van der Waals surface area (Å²) in [6.07, 6.45) is 7.70. The number of nitrogens with zero attached hydrogens (tertiary/aromatic N) is 4. The smallest absolute Gasteiger partial charge is 0.407 e. The van der Waals surface area contributed by atoms with Crippen LogP contribution in [0.25, 0.3) is 44.6 Å². The van der Waals surface area contributed by atoms with Crippen LogP contribution in [0.15, 0.2) is 59.3 Å². The van der Waals surface area contributed by atoms with Gasteiger partial charge >= 0.3 is 12.2 Å². The highest BCUT2D eigenvalue weighted by Gasteiger charge is 2.58. The molecule has 0 spiro atoms. The molecule has 2 aliphatic carbocycles. The van der Waals surface area contributed by atoms with Gasteiger partial charge in [-0.2, -0.15) is 0 Å². The van der Waals surface area contributed by atoms with Gasteiger partial charge in [-0.25, -0.2) is 19.6 Å². The third kappa shape index (κ3) is 6.80. The van der Waals surface area contributed by atoms with Crippen LogP contribution in [0.2, 0.25) is 0 Å². The summed E-state index contributed by atoms with van der Waals surface area (Å²) in [4.78, 5) is 73.3. The number of benzene rings is 2. The molecule has 2 saturated heterocycles. The van der Waals surface area contributed by atoms with Gasteiger partial charge in [-0.1, -0.05) is 58.0 Å². The summed E-state index contributed by atoms with van der Waals surface area (Å²) < 4.78 is 16.1. The predicted octanol–water partition coefficient (Wildman–Crippen LogP) is 7.62. The van der Waals surface area contributed by atoms with Gasteiger partial charge in [0.15, 0.2) is 0 Å². The molecule has 0 radical (unpaired) electrons. The molecule has 5 unspecified atom stereocenters. The van der Waals surface area contributed by atoms with Crippen LogP contribution in [0.1, 0.15) is 83.6 Å². The molecule has 4 bridgehead atoms. The molecule has 2 aromatic carbocycles. The Morgan fingerprint density at radius 2 is 1.21 bits per heavy atom. The Morgan fingerprint density at radius 3 is 1.71 bits per heavy atom. The van der Waals surface area contributed by atoms with Gasteiger partial charge in [0.1, 0.15) is 46.2 Å². The first-order chi connectivity index (χ1) is 29.7. The van der Waals surface area contributed by atoms with Crippen LogP contribution in [0.4, 0.5) is 9.59 Å². The third-order valence-electron chi connectivity index (χ3n) is 14.1. The number of imidazole rings is 2. The molecule has 6 atom stereocenters. The minimum atomic E-state index is -0.714. The summed E-state index contributed by atoms with van der Waals surface area (Å²) in [6.45, 7) is 10.9. The number of alkyl carbamates (subject to hydrolysis) is 2. The topological polar surface area (TPSA) is 188 Å². The van der Waals surface area contributed by atoms with Crippen LogP contribution < -0.4 is 10.6 Å². The maximum Gasteiger partial charge on any atom is 0.407 e. The van der Waals surface area contributed by atoms with Crippen molar-refractivity contribution in [2.75, 3.05) is 27.3 Å². The van der Waals surface area contributed by atoms with E-state index in [1.54, 1.807) is 0 Å². The van der Waals surface area contributed by atoms with E-state index >= 15 is 0 Å². The van der Waals surface area contributed by atoms with Crippen LogP contribution in [0.3, 0.4) is 0 Å². The van der Waals surface area contributed by atoms with E-state index in [4.69, 9.17) is 23.9 Å². The van der Waals surface area contributed by atoms with Crippen molar-refractivity contribution >= 4 is 35.0 Å². The van der Waals surface area contributed by atoms with E-state index in [0.717, 1.165) is 101 Å². The van der Waals surface area contributed by atoms with E-state index in [0.29, 0.717) is 24.9 Å². The Kier molecular flexibility index (Phi) is 10.4. The number of rotatable bonds is 11. The van der Waals surface area contributed by atoms with Gasteiger partial charge in [0.2, 0.25) is 11.8 Å². The molecule has 5 heterocycles. The van der Waals surface area contributed by atoms with Gasteiger partial charge in [-0.15, -0.1) is 0 Å². The molecular formula is C47H56N8O7. The number of furan rings is 1. The van der Waals surface area contributed by atoms with E-state index in [1.165, 1.54) is 14.2 Å². The lowest BCUT2D eigenvalue weighted by Gasteiger charge is -2.40. The monoisotopic (exact) mass is 844 g/mol.